The summed E-state index contributed by atoms with van der Waals surface area (Å²) in [7, 11) is 0. The van der Waals surface area contributed by atoms with Crippen molar-refractivity contribution in [1.29, 1.82) is 0 Å². The van der Waals surface area contributed by atoms with Crippen LogP contribution in [-0.4, -0.2) is 35.1 Å². The number of urea groups is 1. The maximum Gasteiger partial charge on any atom is 0.322 e. The molecular weight excluding hydrogens is 379 g/mol. The third-order valence-corrected chi connectivity index (χ3v) is 3.82. The minimum atomic E-state index is -0.436. The van der Waals surface area contributed by atoms with Gasteiger partial charge in [-0.05, 0) is 31.0 Å². The van der Waals surface area contributed by atoms with E-state index < -0.39 is 6.03 Å². The van der Waals surface area contributed by atoms with Crippen molar-refractivity contribution >= 4 is 46.6 Å². The molecule has 0 aliphatic carbocycles. The number of amides is 3. The van der Waals surface area contributed by atoms with Gasteiger partial charge in [0.1, 0.15) is 12.3 Å². The van der Waals surface area contributed by atoms with Crippen molar-refractivity contribution in [3.05, 3.63) is 40.1 Å². The van der Waals surface area contributed by atoms with Crippen LogP contribution in [0.4, 0.5) is 16.3 Å². The van der Waals surface area contributed by atoms with Gasteiger partial charge in [0.05, 0.1) is 10.7 Å². The normalized spacial score (nSPS) is 10.7. The number of carbonyl (C=O) groups is 2. The summed E-state index contributed by atoms with van der Waals surface area (Å²) in [6.07, 6.45) is 0. The van der Waals surface area contributed by atoms with E-state index in [1.807, 2.05) is 13.8 Å². The molecule has 2 N–H and O–H groups in total. The van der Waals surface area contributed by atoms with Crippen LogP contribution in [0.15, 0.2) is 28.8 Å². The quantitative estimate of drug-likeness (QED) is 0.753. The van der Waals surface area contributed by atoms with Crippen LogP contribution in [0.1, 0.15) is 19.6 Å². The topological polar surface area (TPSA) is 87.5 Å². The number of nitrogens with one attached hydrogen (secondary N) is 2. The van der Waals surface area contributed by atoms with Gasteiger partial charge in [-0.1, -0.05) is 42.2 Å². The Hall–Kier alpha value is -2.25. The van der Waals surface area contributed by atoms with Crippen LogP contribution in [0, 0.1) is 12.8 Å². The highest BCUT2D eigenvalue weighted by molar-refractivity contribution is 6.36. The maximum atomic E-state index is 12.6. The number of rotatable bonds is 6. The van der Waals surface area contributed by atoms with Gasteiger partial charge in [-0.25, -0.2) is 4.79 Å². The Morgan fingerprint density at radius 1 is 1.23 bits per heavy atom. The lowest BCUT2D eigenvalue weighted by atomic mass is 10.2. The van der Waals surface area contributed by atoms with Crippen molar-refractivity contribution in [3.8, 4) is 0 Å². The van der Waals surface area contributed by atoms with E-state index in [2.05, 4.69) is 15.8 Å². The summed E-state index contributed by atoms with van der Waals surface area (Å²) >= 11 is 11.9. The van der Waals surface area contributed by atoms with Gasteiger partial charge in [-0.15, -0.1) is 0 Å². The number of aryl methyl sites for hydroxylation is 1. The summed E-state index contributed by atoms with van der Waals surface area (Å²) in [5.41, 5.74) is 0.419. The standard InChI is InChI=1S/C17H20Cl2N4O3/c1-10(2)8-23(9-16(24)21-15-6-11(3)26-22-15)17(25)20-14-5-4-12(18)7-13(14)19/h4-7,10H,8-9H2,1-3H3,(H,20,25)(H,21,22,24). The predicted molar refractivity (Wildman–Crippen MR) is 102 cm³/mol. The second-order valence-corrected chi connectivity index (χ2v) is 7.04. The number of benzene rings is 1. The van der Waals surface area contributed by atoms with E-state index in [4.69, 9.17) is 27.7 Å². The zero-order valence-electron chi connectivity index (χ0n) is 14.7. The number of nitrogens with zero attached hydrogens (tertiary/aromatic N) is 2. The fraction of sp³-hybridized carbons (Fsp3) is 0.353. The van der Waals surface area contributed by atoms with Crippen molar-refractivity contribution in [2.75, 3.05) is 23.7 Å². The van der Waals surface area contributed by atoms with Crippen LogP contribution in [-0.2, 0) is 4.79 Å². The average molecular weight is 399 g/mol. The summed E-state index contributed by atoms with van der Waals surface area (Å²) in [5.74, 6) is 0.674. The first-order valence-corrected chi connectivity index (χ1v) is 8.74. The number of hydrogen-bond acceptors (Lipinski definition) is 4. The van der Waals surface area contributed by atoms with Crippen molar-refractivity contribution in [3.63, 3.8) is 0 Å². The highest BCUT2D eigenvalue weighted by Gasteiger charge is 2.20. The Morgan fingerprint density at radius 3 is 2.54 bits per heavy atom. The van der Waals surface area contributed by atoms with E-state index >= 15 is 0 Å². The number of anilines is 2. The first kappa shape index (κ1) is 20.1. The van der Waals surface area contributed by atoms with Crippen molar-refractivity contribution in [2.24, 2.45) is 5.92 Å². The van der Waals surface area contributed by atoms with E-state index in [1.165, 1.54) is 11.0 Å². The van der Waals surface area contributed by atoms with Crippen molar-refractivity contribution in [1.82, 2.24) is 10.1 Å². The van der Waals surface area contributed by atoms with Crippen LogP contribution in [0.3, 0.4) is 0 Å². The molecule has 26 heavy (non-hydrogen) atoms. The molecule has 7 nitrogen and oxygen atoms in total. The first-order valence-electron chi connectivity index (χ1n) is 7.98. The zero-order chi connectivity index (χ0) is 19.3. The van der Waals surface area contributed by atoms with Gasteiger partial charge in [-0.2, -0.15) is 0 Å². The first-order chi connectivity index (χ1) is 12.2. The lowest BCUT2D eigenvalue weighted by molar-refractivity contribution is -0.116. The molecule has 3 amide bonds. The van der Waals surface area contributed by atoms with E-state index in [1.54, 1.807) is 25.1 Å². The highest BCUT2D eigenvalue weighted by atomic mass is 35.5. The summed E-state index contributed by atoms with van der Waals surface area (Å²) in [6, 6.07) is 5.92. The Balaban J connectivity index is 2.05. The van der Waals surface area contributed by atoms with E-state index in [0.29, 0.717) is 33.9 Å². The molecule has 0 radical (unpaired) electrons. The second kappa shape index (κ2) is 8.91. The Bertz CT molecular complexity index is 792. The number of aromatic nitrogens is 1. The largest absolute Gasteiger partial charge is 0.360 e. The van der Waals surface area contributed by atoms with Crippen LogP contribution in [0.5, 0.6) is 0 Å². The van der Waals surface area contributed by atoms with Crippen LogP contribution in [0.2, 0.25) is 10.0 Å². The molecule has 0 unspecified atom stereocenters. The number of carbonyl (C=O) groups excluding carboxylic acids is 2. The molecular formula is C17H20Cl2N4O3. The van der Waals surface area contributed by atoms with Crippen LogP contribution < -0.4 is 10.6 Å². The van der Waals surface area contributed by atoms with E-state index in [9.17, 15) is 9.59 Å². The fourth-order valence-electron chi connectivity index (χ4n) is 2.23. The summed E-state index contributed by atoms with van der Waals surface area (Å²) in [5, 5.41) is 9.78. The lowest BCUT2D eigenvalue weighted by Gasteiger charge is -2.24. The third-order valence-electron chi connectivity index (χ3n) is 3.28. The molecule has 9 heteroatoms. The molecule has 2 aromatic rings. The Kier molecular flexibility index (Phi) is 6.88. The molecule has 0 aliphatic heterocycles. The van der Waals surface area contributed by atoms with Crippen molar-refractivity contribution in [2.45, 2.75) is 20.8 Å². The molecule has 0 atom stereocenters. The SMILES string of the molecule is Cc1cc(NC(=O)CN(CC(C)C)C(=O)Nc2ccc(Cl)cc2Cl)no1. The molecule has 0 spiro atoms. The molecule has 1 heterocycles. The number of halogens is 2. The van der Waals surface area contributed by atoms with E-state index in [-0.39, 0.29) is 18.4 Å². The molecule has 1 aromatic carbocycles. The summed E-state index contributed by atoms with van der Waals surface area (Å²) in [6.45, 7) is 5.88. The summed E-state index contributed by atoms with van der Waals surface area (Å²) < 4.78 is 4.90. The monoisotopic (exact) mass is 398 g/mol. The van der Waals surface area contributed by atoms with Gasteiger partial charge >= 0.3 is 6.03 Å². The smallest absolute Gasteiger partial charge is 0.322 e. The fourth-order valence-corrected chi connectivity index (χ4v) is 2.68. The van der Waals surface area contributed by atoms with Gasteiger partial charge in [0.15, 0.2) is 5.82 Å². The minimum Gasteiger partial charge on any atom is -0.360 e. The molecule has 0 saturated carbocycles. The molecule has 0 fully saturated rings. The molecule has 0 saturated heterocycles. The molecule has 0 bridgehead atoms. The van der Waals surface area contributed by atoms with Gasteiger partial charge in [0.25, 0.3) is 0 Å². The Morgan fingerprint density at radius 2 is 1.96 bits per heavy atom. The third kappa shape index (κ3) is 5.93. The predicted octanol–water partition coefficient (Wildman–Crippen LogP) is 4.42. The second-order valence-electron chi connectivity index (χ2n) is 6.20. The van der Waals surface area contributed by atoms with Gasteiger partial charge in [0.2, 0.25) is 5.91 Å². The molecule has 2 rings (SSSR count). The van der Waals surface area contributed by atoms with Gasteiger partial charge in [0, 0.05) is 17.6 Å². The average Bonchev–Trinajstić information content (AvgIpc) is 2.93. The number of hydrogen-bond donors (Lipinski definition) is 2. The van der Waals surface area contributed by atoms with Crippen LogP contribution >= 0.6 is 23.2 Å². The zero-order valence-corrected chi connectivity index (χ0v) is 16.2. The molecule has 1 aromatic heterocycles. The van der Waals surface area contributed by atoms with Gasteiger partial charge < -0.3 is 20.1 Å². The van der Waals surface area contributed by atoms with Crippen LogP contribution in [0.25, 0.3) is 0 Å². The van der Waals surface area contributed by atoms with Crippen molar-refractivity contribution < 1.29 is 14.1 Å². The molecule has 140 valence electrons. The Labute approximate surface area is 161 Å². The lowest BCUT2D eigenvalue weighted by Crippen LogP contribution is -2.42. The minimum absolute atomic E-state index is 0.138. The van der Waals surface area contributed by atoms with E-state index in [0.717, 1.165) is 0 Å². The van der Waals surface area contributed by atoms with Gasteiger partial charge in [-0.3, -0.25) is 4.79 Å². The highest BCUT2D eigenvalue weighted by Crippen LogP contribution is 2.25. The maximum absolute atomic E-state index is 12.6. The summed E-state index contributed by atoms with van der Waals surface area (Å²) in [4.78, 5) is 26.2. The molecule has 0 aliphatic rings.